The minimum atomic E-state index is -0.658. The monoisotopic (exact) mass is 382 g/mol. The number of nitrogens with one attached hydrogen (secondary N) is 1. The number of aromatic nitrogens is 2. The van der Waals surface area contributed by atoms with Gasteiger partial charge in [0.15, 0.2) is 5.82 Å². The van der Waals surface area contributed by atoms with E-state index >= 15 is 0 Å². The number of amides is 1. The molecule has 1 aromatic carbocycles. The third-order valence-corrected chi connectivity index (χ3v) is 7.20. The van der Waals surface area contributed by atoms with Crippen LogP contribution in [0.3, 0.4) is 0 Å². The highest BCUT2D eigenvalue weighted by Crippen LogP contribution is 2.63. The van der Waals surface area contributed by atoms with E-state index in [0.29, 0.717) is 11.7 Å². The highest BCUT2D eigenvalue weighted by atomic mass is 16.5. The molecule has 148 valence electrons. The van der Waals surface area contributed by atoms with Gasteiger partial charge in [-0.1, -0.05) is 50.2 Å². The summed E-state index contributed by atoms with van der Waals surface area (Å²) in [5.41, 5.74) is 5.62. The molecule has 2 aliphatic rings. The first-order valence-corrected chi connectivity index (χ1v) is 9.72. The zero-order chi connectivity index (χ0) is 20.1. The highest BCUT2D eigenvalue weighted by molar-refractivity contribution is 5.95. The van der Waals surface area contributed by atoms with Crippen molar-refractivity contribution in [3.8, 4) is 11.4 Å². The van der Waals surface area contributed by atoms with E-state index in [1.807, 2.05) is 31.2 Å². The van der Waals surface area contributed by atoms with E-state index in [-0.39, 0.29) is 23.3 Å². The van der Waals surface area contributed by atoms with Crippen LogP contribution in [0.25, 0.3) is 11.4 Å². The molecular weight excluding hydrogens is 356 g/mol. The summed E-state index contributed by atoms with van der Waals surface area (Å²) in [5, 5.41) is 8.31. The van der Waals surface area contributed by atoms with E-state index in [4.69, 9.17) is 4.52 Å². The molecule has 1 aromatic heterocycles. The van der Waals surface area contributed by atoms with E-state index in [9.17, 15) is 9.59 Å². The van der Waals surface area contributed by atoms with E-state index < -0.39 is 5.76 Å². The number of hydrogen-bond donors (Lipinski definition) is 1. The maximum Gasteiger partial charge on any atom is 0.442 e. The molecule has 1 N–H and O–H groups in total. The molecule has 2 atom stereocenters. The number of nitrogens with zero attached hydrogens (tertiary/aromatic N) is 3. The summed E-state index contributed by atoms with van der Waals surface area (Å²) in [7, 11) is 0. The SMILES string of the molecule is Cc1ccccc1-c1noc(=O)n1CC(=O)N/N=C1\CC2CCC1(C)C2(C)C. The summed E-state index contributed by atoms with van der Waals surface area (Å²) in [4.78, 5) is 24.6. The first-order chi connectivity index (χ1) is 13.2. The van der Waals surface area contributed by atoms with Crippen molar-refractivity contribution >= 4 is 11.6 Å². The van der Waals surface area contributed by atoms with Crippen LogP contribution in [0.5, 0.6) is 0 Å². The molecule has 7 nitrogen and oxygen atoms in total. The number of fused-ring (bicyclic) bond motifs is 2. The fraction of sp³-hybridized carbons (Fsp3) is 0.524. The van der Waals surface area contributed by atoms with Gasteiger partial charge in [0, 0.05) is 16.7 Å². The number of carbonyl (C=O) groups excluding carboxylic acids is 1. The Kier molecular flexibility index (Phi) is 4.28. The first-order valence-electron chi connectivity index (χ1n) is 9.72. The second kappa shape index (κ2) is 6.43. The fourth-order valence-electron chi connectivity index (χ4n) is 4.83. The van der Waals surface area contributed by atoms with Crippen molar-refractivity contribution in [2.45, 2.75) is 53.5 Å². The Morgan fingerprint density at radius 1 is 1.36 bits per heavy atom. The molecule has 0 aliphatic heterocycles. The van der Waals surface area contributed by atoms with Crippen molar-refractivity contribution in [3.05, 3.63) is 40.4 Å². The smallest absolute Gasteiger partial charge is 0.295 e. The molecule has 7 heteroatoms. The number of hydrogen-bond acceptors (Lipinski definition) is 5. The van der Waals surface area contributed by atoms with E-state index in [1.54, 1.807) is 0 Å². The van der Waals surface area contributed by atoms with Crippen LogP contribution < -0.4 is 11.2 Å². The molecule has 2 bridgehead atoms. The van der Waals surface area contributed by atoms with Crippen molar-refractivity contribution in [1.82, 2.24) is 15.1 Å². The summed E-state index contributed by atoms with van der Waals surface area (Å²) >= 11 is 0. The average Bonchev–Trinajstić information content (AvgIpc) is 3.18. The van der Waals surface area contributed by atoms with Gasteiger partial charge in [-0.25, -0.2) is 14.8 Å². The maximum atomic E-state index is 12.5. The minimum Gasteiger partial charge on any atom is -0.295 e. The van der Waals surface area contributed by atoms with Crippen LogP contribution >= 0.6 is 0 Å². The van der Waals surface area contributed by atoms with Crippen molar-refractivity contribution in [2.75, 3.05) is 0 Å². The van der Waals surface area contributed by atoms with Gasteiger partial charge in [0.2, 0.25) is 0 Å². The Bertz CT molecular complexity index is 1020. The Labute approximate surface area is 163 Å². The van der Waals surface area contributed by atoms with Gasteiger partial charge >= 0.3 is 5.76 Å². The van der Waals surface area contributed by atoms with Crippen LogP contribution in [0.2, 0.25) is 0 Å². The lowest BCUT2D eigenvalue weighted by molar-refractivity contribution is -0.121. The van der Waals surface area contributed by atoms with Gasteiger partial charge in [0.05, 0.1) is 0 Å². The first kappa shape index (κ1) is 18.7. The van der Waals surface area contributed by atoms with Crippen LogP contribution in [-0.2, 0) is 11.3 Å². The van der Waals surface area contributed by atoms with Gasteiger partial charge in [-0.05, 0) is 43.1 Å². The predicted octanol–water partition coefficient (Wildman–Crippen LogP) is 3.13. The summed E-state index contributed by atoms with van der Waals surface area (Å²) in [6.45, 7) is 8.56. The Morgan fingerprint density at radius 2 is 2.11 bits per heavy atom. The molecule has 0 radical (unpaired) electrons. The number of aryl methyl sites for hydroxylation is 1. The fourth-order valence-corrected chi connectivity index (χ4v) is 4.83. The van der Waals surface area contributed by atoms with E-state index in [2.05, 4.69) is 36.5 Å². The topological polar surface area (TPSA) is 89.5 Å². The molecule has 2 fully saturated rings. The quantitative estimate of drug-likeness (QED) is 0.823. The van der Waals surface area contributed by atoms with Crippen LogP contribution in [0.1, 0.15) is 45.6 Å². The summed E-state index contributed by atoms with van der Waals surface area (Å²) in [5.74, 6) is -0.0636. The Morgan fingerprint density at radius 3 is 2.75 bits per heavy atom. The van der Waals surface area contributed by atoms with Gasteiger partial charge in [0.25, 0.3) is 5.91 Å². The Hall–Kier alpha value is -2.70. The number of hydrazone groups is 1. The zero-order valence-electron chi connectivity index (χ0n) is 16.8. The maximum absolute atomic E-state index is 12.5. The minimum absolute atomic E-state index is 0.0191. The molecule has 2 saturated carbocycles. The third-order valence-electron chi connectivity index (χ3n) is 7.20. The molecule has 0 spiro atoms. The van der Waals surface area contributed by atoms with Gasteiger partial charge in [-0.2, -0.15) is 5.10 Å². The molecule has 2 aromatic rings. The average molecular weight is 382 g/mol. The molecule has 1 heterocycles. The molecule has 0 saturated heterocycles. The lowest BCUT2D eigenvalue weighted by atomic mass is 9.70. The van der Waals surface area contributed by atoms with Gasteiger partial charge < -0.3 is 0 Å². The number of rotatable bonds is 4. The van der Waals surface area contributed by atoms with Crippen LogP contribution in [0.4, 0.5) is 0 Å². The molecule has 1 amide bonds. The molecular formula is C21H26N4O3. The summed E-state index contributed by atoms with van der Waals surface area (Å²) in [6.07, 6.45) is 3.24. The largest absolute Gasteiger partial charge is 0.442 e. The second-order valence-electron chi connectivity index (χ2n) is 8.76. The van der Waals surface area contributed by atoms with Gasteiger partial charge in [-0.15, -0.1) is 0 Å². The van der Waals surface area contributed by atoms with Crippen molar-refractivity contribution in [3.63, 3.8) is 0 Å². The summed E-state index contributed by atoms with van der Waals surface area (Å²) in [6, 6.07) is 7.53. The second-order valence-corrected chi connectivity index (χ2v) is 8.76. The lowest BCUT2D eigenvalue weighted by Crippen LogP contribution is -2.35. The standard InChI is InChI=1S/C21H26N4O3/c1-13-7-5-6-8-15(13)18-24-28-19(27)25(18)12-17(26)23-22-16-11-14-9-10-21(16,4)20(14,2)3/h5-8,14H,9-12H2,1-4H3,(H,23,26)/b22-16+. The molecule has 28 heavy (non-hydrogen) atoms. The Balaban J connectivity index is 1.53. The lowest BCUT2D eigenvalue weighted by Gasteiger charge is -2.34. The van der Waals surface area contributed by atoms with Gasteiger partial charge in [0.1, 0.15) is 6.54 Å². The predicted molar refractivity (Wildman–Crippen MR) is 106 cm³/mol. The van der Waals surface area contributed by atoms with Crippen molar-refractivity contribution in [2.24, 2.45) is 21.8 Å². The van der Waals surface area contributed by atoms with Crippen molar-refractivity contribution < 1.29 is 9.32 Å². The van der Waals surface area contributed by atoms with Crippen LogP contribution in [-0.4, -0.2) is 21.3 Å². The number of benzene rings is 1. The molecule has 2 aliphatic carbocycles. The van der Waals surface area contributed by atoms with Crippen LogP contribution in [0, 0.1) is 23.7 Å². The van der Waals surface area contributed by atoms with Gasteiger partial charge in [-0.3, -0.25) is 9.32 Å². The normalized spacial score (nSPS) is 26.7. The summed E-state index contributed by atoms with van der Waals surface area (Å²) < 4.78 is 6.05. The molecule has 2 unspecified atom stereocenters. The zero-order valence-corrected chi connectivity index (χ0v) is 16.8. The molecule has 4 rings (SSSR count). The van der Waals surface area contributed by atoms with E-state index in [1.165, 1.54) is 11.0 Å². The number of carbonyl (C=O) groups is 1. The third kappa shape index (κ3) is 2.72. The van der Waals surface area contributed by atoms with Crippen molar-refractivity contribution in [1.29, 1.82) is 0 Å². The highest BCUT2D eigenvalue weighted by Gasteiger charge is 2.60. The van der Waals surface area contributed by atoms with Crippen LogP contribution in [0.15, 0.2) is 38.7 Å². The van der Waals surface area contributed by atoms with E-state index in [0.717, 1.165) is 29.7 Å².